The molecule has 1 aliphatic heterocycles. The van der Waals surface area contributed by atoms with Gasteiger partial charge in [0.25, 0.3) is 0 Å². The highest BCUT2D eigenvalue weighted by Crippen LogP contribution is 2.11. The van der Waals surface area contributed by atoms with Gasteiger partial charge < -0.3 is 4.90 Å². The minimum Gasteiger partial charge on any atom is -0.301 e. The molecule has 1 heterocycles. The summed E-state index contributed by atoms with van der Waals surface area (Å²) in [6.45, 7) is 5.91. The molecule has 0 saturated carbocycles. The molecule has 1 fully saturated rings. The Morgan fingerprint density at radius 2 is 2.09 bits per heavy atom. The van der Waals surface area contributed by atoms with Gasteiger partial charge in [-0.3, -0.25) is 0 Å². The molecule has 0 bridgehead atoms. The minimum atomic E-state index is 0.653. The summed E-state index contributed by atoms with van der Waals surface area (Å²) in [4.78, 5) is 2.52. The van der Waals surface area contributed by atoms with Gasteiger partial charge in [-0.2, -0.15) is 11.8 Å². The quantitative estimate of drug-likeness (QED) is 0.631. The van der Waals surface area contributed by atoms with Crippen LogP contribution >= 0.6 is 23.4 Å². The first kappa shape index (κ1) is 9.69. The lowest BCUT2D eigenvalue weighted by molar-refractivity contribution is 0.270. The van der Waals surface area contributed by atoms with Crippen molar-refractivity contribution >= 4 is 23.4 Å². The van der Waals surface area contributed by atoms with Crippen molar-refractivity contribution in [2.45, 2.75) is 6.92 Å². The van der Waals surface area contributed by atoms with Gasteiger partial charge in [0.1, 0.15) is 0 Å². The summed E-state index contributed by atoms with van der Waals surface area (Å²) in [6.07, 6.45) is 0. The molecule has 0 aromatic rings. The summed E-state index contributed by atoms with van der Waals surface area (Å²) in [5.41, 5.74) is 0. The molecule has 11 heavy (non-hydrogen) atoms. The molecule has 3 heteroatoms. The highest BCUT2D eigenvalue weighted by Gasteiger charge is 2.12. The minimum absolute atomic E-state index is 0.653. The largest absolute Gasteiger partial charge is 0.301 e. The van der Waals surface area contributed by atoms with Gasteiger partial charge in [-0.05, 0) is 5.92 Å². The molecule has 0 aromatic carbocycles. The predicted octanol–water partition coefficient (Wildman–Crippen LogP) is 1.91. The van der Waals surface area contributed by atoms with E-state index in [-0.39, 0.29) is 0 Å². The smallest absolute Gasteiger partial charge is 0.0261 e. The third-order valence-corrected chi connectivity index (χ3v) is 3.41. The fourth-order valence-electron chi connectivity index (χ4n) is 1.27. The maximum absolute atomic E-state index is 5.74. The van der Waals surface area contributed by atoms with Crippen LogP contribution in [-0.4, -0.2) is 41.9 Å². The molecular formula is C8H16ClNS. The van der Waals surface area contributed by atoms with Crippen LogP contribution in [0, 0.1) is 5.92 Å². The van der Waals surface area contributed by atoms with Crippen LogP contribution in [-0.2, 0) is 0 Å². The maximum Gasteiger partial charge on any atom is 0.0261 e. The molecule has 1 unspecified atom stereocenters. The van der Waals surface area contributed by atoms with E-state index in [0.717, 1.165) is 5.88 Å². The fraction of sp³-hybridized carbons (Fsp3) is 1.00. The van der Waals surface area contributed by atoms with Crippen molar-refractivity contribution in [3.8, 4) is 0 Å². The Morgan fingerprint density at radius 3 is 2.64 bits per heavy atom. The summed E-state index contributed by atoms with van der Waals surface area (Å²) < 4.78 is 0. The van der Waals surface area contributed by atoms with E-state index in [1.807, 2.05) is 0 Å². The SMILES string of the molecule is CC(CCl)CN1CCSCC1. The predicted molar refractivity (Wildman–Crippen MR) is 53.6 cm³/mol. The molecular weight excluding hydrogens is 178 g/mol. The Morgan fingerprint density at radius 1 is 1.45 bits per heavy atom. The van der Waals surface area contributed by atoms with Gasteiger partial charge in [-0.15, -0.1) is 11.6 Å². The van der Waals surface area contributed by atoms with Crippen molar-refractivity contribution in [2.75, 3.05) is 37.0 Å². The molecule has 0 radical (unpaired) electrons. The third kappa shape index (κ3) is 3.68. The number of halogens is 1. The zero-order valence-electron chi connectivity index (χ0n) is 7.05. The van der Waals surface area contributed by atoms with Gasteiger partial charge in [0.05, 0.1) is 0 Å². The molecule has 1 saturated heterocycles. The van der Waals surface area contributed by atoms with E-state index in [1.54, 1.807) is 0 Å². The second kappa shape index (κ2) is 5.28. The fourth-order valence-corrected chi connectivity index (χ4v) is 2.35. The van der Waals surface area contributed by atoms with Crippen LogP contribution in [0.25, 0.3) is 0 Å². The summed E-state index contributed by atoms with van der Waals surface area (Å²) in [5, 5.41) is 0. The Hall–Kier alpha value is 0.600. The number of hydrogen-bond acceptors (Lipinski definition) is 2. The standard InChI is InChI=1S/C8H16ClNS/c1-8(6-9)7-10-2-4-11-5-3-10/h8H,2-7H2,1H3. The first-order chi connectivity index (χ1) is 5.33. The van der Waals surface area contributed by atoms with Crippen molar-refractivity contribution in [3.05, 3.63) is 0 Å². The van der Waals surface area contributed by atoms with Gasteiger partial charge in [-0.1, -0.05) is 6.92 Å². The second-order valence-corrected chi connectivity index (χ2v) is 4.71. The molecule has 0 aliphatic carbocycles. The van der Waals surface area contributed by atoms with Crippen molar-refractivity contribution in [3.63, 3.8) is 0 Å². The first-order valence-electron chi connectivity index (χ1n) is 4.19. The van der Waals surface area contributed by atoms with Gasteiger partial charge in [0.2, 0.25) is 0 Å². The van der Waals surface area contributed by atoms with E-state index < -0.39 is 0 Å². The number of thioether (sulfide) groups is 1. The summed E-state index contributed by atoms with van der Waals surface area (Å²) >= 11 is 7.80. The molecule has 1 rings (SSSR count). The average molecular weight is 194 g/mol. The number of hydrogen-bond donors (Lipinski definition) is 0. The van der Waals surface area contributed by atoms with Gasteiger partial charge in [0, 0.05) is 37.0 Å². The Kier molecular flexibility index (Phi) is 4.65. The number of nitrogens with zero attached hydrogens (tertiary/aromatic N) is 1. The van der Waals surface area contributed by atoms with E-state index in [0.29, 0.717) is 5.92 Å². The van der Waals surface area contributed by atoms with Crippen LogP contribution in [0.5, 0.6) is 0 Å². The average Bonchev–Trinajstić information content (AvgIpc) is 2.06. The van der Waals surface area contributed by atoms with Crippen molar-refractivity contribution < 1.29 is 0 Å². The van der Waals surface area contributed by atoms with Crippen LogP contribution < -0.4 is 0 Å². The Bertz CT molecular complexity index is 104. The first-order valence-corrected chi connectivity index (χ1v) is 5.88. The van der Waals surface area contributed by atoms with Gasteiger partial charge in [-0.25, -0.2) is 0 Å². The summed E-state index contributed by atoms with van der Waals surface area (Å²) in [7, 11) is 0. The number of rotatable bonds is 3. The zero-order valence-corrected chi connectivity index (χ0v) is 8.63. The van der Waals surface area contributed by atoms with E-state index in [2.05, 4.69) is 23.6 Å². The van der Waals surface area contributed by atoms with Gasteiger partial charge >= 0.3 is 0 Å². The molecule has 0 spiro atoms. The molecule has 0 aromatic heterocycles. The van der Waals surface area contributed by atoms with Crippen LogP contribution in [0.4, 0.5) is 0 Å². The topological polar surface area (TPSA) is 3.24 Å². The molecule has 1 atom stereocenters. The van der Waals surface area contributed by atoms with Crippen molar-refractivity contribution in [1.82, 2.24) is 4.90 Å². The normalized spacial score (nSPS) is 23.5. The molecule has 66 valence electrons. The van der Waals surface area contributed by atoms with E-state index >= 15 is 0 Å². The monoisotopic (exact) mass is 193 g/mol. The molecule has 1 aliphatic rings. The van der Waals surface area contributed by atoms with Crippen molar-refractivity contribution in [1.29, 1.82) is 0 Å². The second-order valence-electron chi connectivity index (χ2n) is 3.17. The Balaban J connectivity index is 2.13. The zero-order chi connectivity index (χ0) is 8.10. The van der Waals surface area contributed by atoms with Crippen LogP contribution in [0.3, 0.4) is 0 Å². The van der Waals surface area contributed by atoms with Gasteiger partial charge in [0.15, 0.2) is 0 Å². The summed E-state index contributed by atoms with van der Waals surface area (Å²) in [6, 6.07) is 0. The Labute approximate surface area is 78.5 Å². The lowest BCUT2D eigenvalue weighted by Gasteiger charge is -2.28. The van der Waals surface area contributed by atoms with Crippen molar-refractivity contribution in [2.24, 2.45) is 5.92 Å². The lowest BCUT2D eigenvalue weighted by Crippen LogP contribution is -2.36. The van der Waals surface area contributed by atoms with Crippen LogP contribution in [0.15, 0.2) is 0 Å². The molecule has 1 nitrogen and oxygen atoms in total. The van der Waals surface area contributed by atoms with E-state index in [1.165, 1.54) is 31.1 Å². The summed E-state index contributed by atoms with van der Waals surface area (Å²) in [5.74, 6) is 4.05. The molecule has 0 amide bonds. The third-order valence-electron chi connectivity index (χ3n) is 1.94. The van der Waals surface area contributed by atoms with Crippen LogP contribution in [0.2, 0.25) is 0 Å². The van der Waals surface area contributed by atoms with E-state index in [9.17, 15) is 0 Å². The lowest BCUT2D eigenvalue weighted by atomic mass is 10.2. The van der Waals surface area contributed by atoms with Crippen LogP contribution in [0.1, 0.15) is 6.92 Å². The molecule has 0 N–H and O–H groups in total. The maximum atomic E-state index is 5.74. The number of alkyl halides is 1. The highest BCUT2D eigenvalue weighted by atomic mass is 35.5. The van der Waals surface area contributed by atoms with E-state index in [4.69, 9.17) is 11.6 Å². The highest BCUT2D eigenvalue weighted by molar-refractivity contribution is 7.99.